The molecule has 1 amide bonds. The van der Waals surface area contributed by atoms with Gasteiger partial charge in [0.1, 0.15) is 5.41 Å². The maximum absolute atomic E-state index is 13.3. The number of benzene rings is 1. The molecular formula is C15H16F3NO4. The summed E-state index contributed by atoms with van der Waals surface area (Å²) in [4.78, 5) is 23.0. The van der Waals surface area contributed by atoms with E-state index >= 15 is 0 Å². The molecule has 1 fully saturated rings. The SMILES string of the molecule is O=C(O)c1cccc(CNC(=O)C2(C(F)(F)F)CCOCC2)c1. The highest BCUT2D eigenvalue weighted by Crippen LogP contribution is 2.46. The van der Waals surface area contributed by atoms with Crippen molar-refractivity contribution in [2.75, 3.05) is 13.2 Å². The van der Waals surface area contributed by atoms with Gasteiger partial charge in [-0.05, 0) is 30.5 Å². The standard InChI is InChI=1S/C15H16F3NO4/c16-15(17,18)14(4-6-23-7-5-14)13(22)19-9-10-2-1-3-11(8-10)12(20)21/h1-3,8H,4-7,9H2,(H,19,22)(H,20,21). The lowest BCUT2D eigenvalue weighted by atomic mass is 9.78. The molecule has 1 aromatic carbocycles. The molecule has 1 aliphatic heterocycles. The monoisotopic (exact) mass is 331 g/mol. The maximum atomic E-state index is 13.3. The van der Waals surface area contributed by atoms with Gasteiger partial charge in [0.2, 0.25) is 5.91 Å². The number of carbonyl (C=O) groups excluding carboxylic acids is 1. The minimum absolute atomic E-state index is 0.00773. The number of hydrogen-bond acceptors (Lipinski definition) is 3. The van der Waals surface area contributed by atoms with Gasteiger partial charge in [0.15, 0.2) is 0 Å². The molecule has 0 bridgehead atoms. The molecule has 23 heavy (non-hydrogen) atoms. The van der Waals surface area contributed by atoms with Gasteiger partial charge >= 0.3 is 12.1 Å². The zero-order valence-corrected chi connectivity index (χ0v) is 12.2. The number of ether oxygens (including phenoxy) is 1. The minimum Gasteiger partial charge on any atom is -0.478 e. The number of aromatic carboxylic acids is 1. The van der Waals surface area contributed by atoms with Crippen molar-refractivity contribution in [2.45, 2.75) is 25.6 Å². The van der Waals surface area contributed by atoms with Crippen molar-refractivity contribution in [2.24, 2.45) is 5.41 Å². The normalized spacial score (nSPS) is 17.5. The lowest BCUT2D eigenvalue weighted by molar-refractivity contribution is -0.239. The van der Waals surface area contributed by atoms with E-state index in [0.29, 0.717) is 5.56 Å². The summed E-state index contributed by atoms with van der Waals surface area (Å²) in [6.45, 7) is -0.415. The van der Waals surface area contributed by atoms with E-state index in [0.717, 1.165) is 0 Å². The maximum Gasteiger partial charge on any atom is 0.403 e. The first kappa shape index (κ1) is 17.3. The van der Waals surface area contributed by atoms with Crippen LogP contribution in [0.4, 0.5) is 13.2 Å². The van der Waals surface area contributed by atoms with E-state index in [2.05, 4.69) is 5.32 Å². The zero-order chi connectivity index (χ0) is 17.1. The van der Waals surface area contributed by atoms with Crippen LogP contribution >= 0.6 is 0 Å². The number of nitrogens with one attached hydrogen (secondary N) is 1. The summed E-state index contributed by atoms with van der Waals surface area (Å²) in [5, 5.41) is 11.2. The highest BCUT2D eigenvalue weighted by molar-refractivity contribution is 5.88. The number of halogens is 3. The summed E-state index contributed by atoms with van der Waals surface area (Å²) in [5.41, 5.74) is -2.02. The molecule has 1 heterocycles. The smallest absolute Gasteiger partial charge is 0.403 e. The summed E-state index contributed by atoms with van der Waals surface area (Å²) < 4.78 is 45.0. The zero-order valence-electron chi connectivity index (χ0n) is 12.2. The van der Waals surface area contributed by atoms with E-state index in [9.17, 15) is 22.8 Å². The van der Waals surface area contributed by atoms with Crippen LogP contribution in [0.2, 0.25) is 0 Å². The van der Waals surface area contributed by atoms with E-state index in [1.165, 1.54) is 24.3 Å². The van der Waals surface area contributed by atoms with Gasteiger partial charge in [-0.15, -0.1) is 0 Å². The highest BCUT2D eigenvalue weighted by Gasteiger charge is 2.60. The van der Waals surface area contributed by atoms with Crippen molar-refractivity contribution in [3.8, 4) is 0 Å². The Kier molecular flexibility index (Phi) is 4.93. The molecule has 2 rings (SSSR count). The number of rotatable bonds is 4. The van der Waals surface area contributed by atoms with Crippen LogP contribution in [-0.2, 0) is 16.1 Å². The van der Waals surface area contributed by atoms with Crippen molar-refractivity contribution in [3.63, 3.8) is 0 Å². The molecule has 0 aromatic heterocycles. The molecule has 126 valence electrons. The molecule has 0 unspecified atom stereocenters. The van der Waals surface area contributed by atoms with Gasteiger partial charge < -0.3 is 15.2 Å². The minimum atomic E-state index is -4.66. The molecule has 2 N–H and O–H groups in total. The van der Waals surface area contributed by atoms with Crippen LogP contribution in [0.1, 0.15) is 28.8 Å². The predicted molar refractivity (Wildman–Crippen MR) is 73.8 cm³/mol. The molecule has 1 saturated heterocycles. The van der Waals surface area contributed by atoms with E-state index in [1.807, 2.05) is 0 Å². The first-order valence-electron chi connectivity index (χ1n) is 7.01. The average Bonchev–Trinajstić information content (AvgIpc) is 2.52. The van der Waals surface area contributed by atoms with Crippen molar-refractivity contribution in [1.82, 2.24) is 5.32 Å². The third-order valence-electron chi connectivity index (χ3n) is 3.95. The summed E-state index contributed by atoms with van der Waals surface area (Å²) in [6.07, 6.45) is -5.50. The van der Waals surface area contributed by atoms with Gasteiger partial charge in [0.25, 0.3) is 0 Å². The molecule has 0 atom stereocenters. The molecule has 0 saturated carbocycles. The number of hydrogen-bond donors (Lipinski definition) is 2. The van der Waals surface area contributed by atoms with Crippen LogP contribution in [-0.4, -0.2) is 36.4 Å². The predicted octanol–water partition coefficient (Wildman–Crippen LogP) is 2.36. The molecule has 0 aliphatic carbocycles. The molecule has 1 aromatic rings. The molecule has 1 aliphatic rings. The topological polar surface area (TPSA) is 75.6 Å². The first-order chi connectivity index (χ1) is 10.8. The number of carbonyl (C=O) groups is 2. The Labute approximate surface area is 130 Å². The van der Waals surface area contributed by atoms with E-state index < -0.39 is 36.3 Å². The van der Waals surface area contributed by atoms with Gasteiger partial charge in [-0.3, -0.25) is 4.79 Å². The second-order valence-corrected chi connectivity index (χ2v) is 5.38. The Bertz CT molecular complexity index is 595. The molecule has 0 radical (unpaired) electrons. The third kappa shape index (κ3) is 3.64. The molecular weight excluding hydrogens is 315 g/mol. The van der Waals surface area contributed by atoms with Crippen molar-refractivity contribution < 1.29 is 32.6 Å². The number of carboxylic acids is 1. The third-order valence-corrected chi connectivity index (χ3v) is 3.95. The quantitative estimate of drug-likeness (QED) is 0.888. The van der Waals surface area contributed by atoms with E-state index in [1.54, 1.807) is 0 Å². The van der Waals surface area contributed by atoms with Gasteiger partial charge in [0, 0.05) is 19.8 Å². The van der Waals surface area contributed by atoms with Crippen molar-refractivity contribution >= 4 is 11.9 Å². The largest absolute Gasteiger partial charge is 0.478 e. The first-order valence-corrected chi connectivity index (χ1v) is 7.01. The van der Waals surface area contributed by atoms with Gasteiger partial charge in [-0.1, -0.05) is 12.1 Å². The van der Waals surface area contributed by atoms with Gasteiger partial charge in [-0.25, -0.2) is 4.79 Å². The van der Waals surface area contributed by atoms with Gasteiger partial charge in [0.05, 0.1) is 5.56 Å². The van der Waals surface area contributed by atoms with Crippen molar-refractivity contribution in [1.29, 1.82) is 0 Å². The lowest BCUT2D eigenvalue weighted by Gasteiger charge is -2.37. The number of carboxylic acid groups (broad SMARTS) is 1. The average molecular weight is 331 g/mol. The van der Waals surface area contributed by atoms with Gasteiger partial charge in [-0.2, -0.15) is 13.2 Å². The lowest BCUT2D eigenvalue weighted by Crippen LogP contribution is -2.53. The Morgan fingerprint density at radius 2 is 1.91 bits per heavy atom. The number of alkyl halides is 3. The van der Waals surface area contributed by atoms with E-state index in [-0.39, 0.29) is 25.3 Å². The Morgan fingerprint density at radius 3 is 2.48 bits per heavy atom. The Hall–Kier alpha value is -2.09. The molecule has 8 heteroatoms. The van der Waals surface area contributed by atoms with Crippen LogP contribution in [0, 0.1) is 5.41 Å². The van der Waals surface area contributed by atoms with Crippen LogP contribution in [0.15, 0.2) is 24.3 Å². The fraction of sp³-hybridized carbons (Fsp3) is 0.467. The molecule has 0 spiro atoms. The number of amides is 1. The fourth-order valence-corrected chi connectivity index (χ4v) is 2.52. The summed E-state index contributed by atoms with van der Waals surface area (Å²) in [6, 6.07) is 5.69. The highest BCUT2D eigenvalue weighted by atomic mass is 19.4. The Morgan fingerprint density at radius 1 is 1.26 bits per heavy atom. The summed E-state index contributed by atoms with van der Waals surface area (Å²) >= 11 is 0. The van der Waals surface area contributed by atoms with Crippen LogP contribution in [0.3, 0.4) is 0 Å². The van der Waals surface area contributed by atoms with E-state index in [4.69, 9.17) is 9.84 Å². The van der Waals surface area contributed by atoms with Crippen LogP contribution in [0.25, 0.3) is 0 Å². The van der Waals surface area contributed by atoms with Crippen LogP contribution < -0.4 is 5.32 Å². The fourth-order valence-electron chi connectivity index (χ4n) is 2.52. The second-order valence-electron chi connectivity index (χ2n) is 5.38. The Balaban J connectivity index is 2.11. The molecule has 5 nitrogen and oxygen atoms in total. The van der Waals surface area contributed by atoms with Crippen molar-refractivity contribution in [3.05, 3.63) is 35.4 Å². The van der Waals surface area contributed by atoms with Crippen LogP contribution in [0.5, 0.6) is 0 Å². The second kappa shape index (κ2) is 6.57. The summed E-state index contributed by atoms with van der Waals surface area (Å²) in [5.74, 6) is -2.25. The summed E-state index contributed by atoms with van der Waals surface area (Å²) in [7, 11) is 0.